The van der Waals surface area contributed by atoms with E-state index in [0.717, 1.165) is 29.0 Å². The van der Waals surface area contributed by atoms with Crippen LogP contribution in [-0.4, -0.2) is 46.0 Å². The minimum Gasteiger partial charge on any atom is -0.491 e. The van der Waals surface area contributed by atoms with Gasteiger partial charge in [0, 0.05) is 31.5 Å². The Morgan fingerprint density at radius 3 is 2.48 bits per heavy atom. The van der Waals surface area contributed by atoms with Crippen molar-refractivity contribution in [3.05, 3.63) is 59.2 Å². The minimum absolute atomic E-state index is 0.494. The van der Waals surface area contributed by atoms with Gasteiger partial charge in [-0.3, -0.25) is 5.32 Å². The van der Waals surface area contributed by atoms with Gasteiger partial charge in [-0.1, -0.05) is 24.3 Å². The van der Waals surface area contributed by atoms with Crippen molar-refractivity contribution < 1.29 is 19.0 Å². The zero-order valence-electron chi connectivity index (χ0n) is 18.7. The highest BCUT2D eigenvalue weighted by molar-refractivity contribution is 5.84. The number of aryl methyl sites for hydroxylation is 1. The van der Waals surface area contributed by atoms with E-state index >= 15 is 0 Å². The van der Waals surface area contributed by atoms with E-state index in [1.807, 2.05) is 44.2 Å². The molecule has 0 unspecified atom stereocenters. The molecule has 0 heterocycles. The van der Waals surface area contributed by atoms with Crippen molar-refractivity contribution in [2.24, 2.45) is 4.99 Å². The number of methoxy groups -OCH3 is 2. The van der Waals surface area contributed by atoms with Crippen LogP contribution < -0.4 is 20.7 Å². The summed E-state index contributed by atoms with van der Waals surface area (Å²) in [5, 5.41) is 9.24. The van der Waals surface area contributed by atoms with E-state index in [0.29, 0.717) is 38.0 Å². The molecule has 8 nitrogen and oxygen atoms in total. The summed E-state index contributed by atoms with van der Waals surface area (Å²) in [5.74, 6) is 1.55. The van der Waals surface area contributed by atoms with Crippen LogP contribution in [0.2, 0.25) is 0 Å². The quantitative estimate of drug-likeness (QED) is 0.305. The van der Waals surface area contributed by atoms with Crippen molar-refractivity contribution in [2.45, 2.75) is 26.9 Å². The number of amides is 1. The second kappa shape index (κ2) is 13.1. The molecule has 2 aromatic rings. The molecule has 0 aliphatic carbocycles. The lowest BCUT2D eigenvalue weighted by atomic mass is 10.1. The first-order valence-electron chi connectivity index (χ1n) is 10.2. The topological polar surface area (TPSA) is 93.2 Å². The number of hydrogen-bond acceptors (Lipinski definition) is 5. The van der Waals surface area contributed by atoms with E-state index in [-0.39, 0.29) is 0 Å². The van der Waals surface area contributed by atoms with Crippen LogP contribution in [0.25, 0.3) is 0 Å². The predicted octanol–water partition coefficient (Wildman–Crippen LogP) is 3.45. The maximum absolute atomic E-state index is 11.3. The molecule has 0 aromatic heterocycles. The van der Waals surface area contributed by atoms with E-state index in [4.69, 9.17) is 9.47 Å². The minimum atomic E-state index is -0.494. The summed E-state index contributed by atoms with van der Waals surface area (Å²) in [6.45, 7) is 6.93. The molecule has 168 valence electrons. The molecule has 0 saturated carbocycles. The SMILES string of the molecule is CCNC(=NCc1ccc(NC(=O)OC)cc1)NCc1ccc(C)cc1OCCOC. The Morgan fingerprint density at radius 2 is 1.81 bits per heavy atom. The number of anilines is 1. The van der Waals surface area contributed by atoms with E-state index in [1.165, 1.54) is 7.11 Å². The number of ether oxygens (including phenoxy) is 3. The number of rotatable bonds is 10. The smallest absolute Gasteiger partial charge is 0.411 e. The van der Waals surface area contributed by atoms with Gasteiger partial charge in [0.25, 0.3) is 0 Å². The Balaban J connectivity index is 1.99. The third-order valence-corrected chi connectivity index (χ3v) is 4.36. The van der Waals surface area contributed by atoms with Gasteiger partial charge in [-0.25, -0.2) is 9.79 Å². The van der Waals surface area contributed by atoms with Gasteiger partial charge in [-0.15, -0.1) is 0 Å². The fraction of sp³-hybridized carbons (Fsp3) is 0.391. The lowest BCUT2D eigenvalue weighted by molar-refractivity contribution is 0.145. The van der Waals surface area contributed by atoms with Gasteiger partial charge >= 0.3 is 6.09 Å². The average molecular weight is 429 g/mol. The predicted molar refractivity (Wildman–Crippen MR) is 123 cm³/mol. The molecule has 0 fully saturated rings. The molecule has 2 aromatic carbocycles. The molecular formula is C23H32N4O4. The molecule has 8 heteroatoms. The summed E-state index contributed by atoms with van der Waals surface area (Å²) in [6, 6.07) is 13.6. The van der Waals surface area contributed by atoms with Crippen molar-refractivity contribution in [3.8, 4) is 5.75 Å². The number of nitrogens with one attached hydrogen (secondary N) is 3. The fourth-order valence-corrected chi connectivity index (χ4v) is 2.73. The molecule has 0 aliphatic rings. The summed E-state index contributed by atoms with van der Waals surface area (Å²) in [7, 11) is 2.99. The van der Waals surface area contributed by atoms with Crippen LogP contribution in [0.3, 0.4) is 0 Å². The highest BCUT2D eigenvalue weighted by Crippen LogP contribution is 2.20. The van der Waals surface area contributed by atoms with Crippen LogP contribution in [0.15, 0.2) is 47.5 Å². The van der Waals surface area contributed by atoms with Crippen LogP contribution >= 0.6 is 0 Å². The Hall–Kier alpha value is -3.26. The van der Waals surface area contributed by atoms with E-state index < -0.39 is 6.09 Å². The average Bonchev–Trinajstić information content (AvgIpc) is 2.77. The Morgan fingerprint density at radius 1 is 1.03 bits per heavy atom. The van der Waals surface area contributed by atoms with Crippen molar-refractivity contribution in [2.75, 3.05) is 39.3 Å². The van der Waals surface area contributed by atoms with Gasteiger partial charge in [0.15, 0.2) is 5.96 Å². The van der Waals surface area contributed by atoms with Crippen molar-refractivity contribution >= 4 is 17.7 Å². The first-order chi connectivity index (χ1) is 15.0. The largest absolute Gasteiger partial charge is 0.491 e. The molecule has 0 bridgehead atoms. The summed E-state index contributed by atoms with van der Waals surface area (Å²) < 4.78 is 15.5. The van der Waals surface area contributed by atoms with Crippen LogP contribution in [-0.2, 0) is 22.6 Å². The molecule has 0 atom stereocenters. The van der Waals surface area contributed by atoms with E-state index in [2.05, 4.69) is 37.8 Å². The Kier molecular flexibility index (Phi) is 10.2. The van der Waals surface area contributed by atoms with Crippen LogP contribution in [0.5, 0.6) is 5.75 Å². The highest BCUT2D eigenvalue weighted by atomic mass is 16.5. The normalized spacial score (nSPS) is 11.0. The Bertz CT molecular complexity index is 853. The molecular weight excluding hydrogens is 396 g/mol. The molecule has 0 saturated heterocycles. The van der Waals surface area contributed by atoms with Gasteiger partial charge in [0.05, 0.1) is 20.3 Å². The maximum Gasteiger partial charge on any atom is 0.411 e. The molecule has 3 N–H and O–H groups in total. The first-order valence-corrected chi connectivity index (χ1v) is 10.2. The van der Waals surface area contributed by atoms with Gasteiger partial charge in [0.1, 0.15) is 12.4 Å². The molecule has 0 aliphatic heterocycles. The molecule has 0 radical (unpaired) electrons. The highest BCUT2D eigenvalue weighted by Gasteiger charge is 2.06. The first kappa shape index (κ1) is 24.0. The summed E-state index contributed by atoms with van der Waals surface area (Å²) >= 11 is 0. The van der Waals surface area contributed by atoms with Gasteiger partial charge < -0.3 is 24.8 Å². The van der Waals surface area contributed by atoms with Crippen LogP contribution in [0, 0.1) is 6.92 Å². The van der Waals surface area contributed by atoms with Gasteiger partial charge in [0.2, 0.25) is 0 Å². The number of carbonyl (C=O) groups is 1. The van der Waals surface area contributed by atoms with Gasteiger partial charge in [-0.2, -0.15) is 0 Å². The lowest BCUT2D eigenvalue weighted by Crippen LogP contribution is -2.36. The van der Waals surface area contributed by atoms with Crippen molar-refractivity contribution in [1.82, 2.24) is 10.6 Å². The third-order valence-electron chi connectivity index (χ3n) is 4.36. The number of nitrogens with zero attached hydrogens (tertiary/aromatic N) is 1. The fourth-order valence-electron chi connectivity index (χ4n) is 2.73. The number of carbonyl (C=O) groups excluding carboxylic acids is 1. The standard InChI is InChI=1S/C23H32N4O4/c1-5-24-22(25-15-18-7-10-20(11-8-18)27-23(28)30-4)26-16-19-9-6-17(2)14-21(19)31-13-12-29-3/h6-11,14H,5,12-13,15-16H2,1-4H3,(H,27,28)(H2,24,25,26). The molecule has 1 amide bonds. The molecule has 31 heavy (non-hydrogen) atoms. The second-order valence-electron chi connectivity index (χ2n) is 6.81. The van der Waals surface area contributed by atoms with Crippen molar-refractivity contribution in [1.29, 1.82) is 0 Å². The van der Waals surface area contributed by atoms with Gasteiger partial charge in [-0.05, 0) is 43.2 Å². The second-order valence-corrected chi connectivity index (χ2v) is 6.81. The van der Waals surface area contributed by atoms with E-state index in [1.54, 1.807) is 7.11 Å². The Labute approximate surface area is 184 Å². The number of guanidine groups is 1. The zero-order valence-corrected chi connectivity index (χ0v) is 18.7. The molecule has 0 spiro atoms. The maximum atomic E-state index is 11.3. The monoisotopic (exact) mass is 428 g/mol. The van der Waals surface area contributed by atoms with Crippen LogP contribution in [0.1, 0.15) is 23.6 Å². The number of benzene rings is 2. The summed E-state index contributed by atoms with van der Waals surface area (Å²) in [5.41, 5.74) is 3.88. The van der Waals surface area contributed by atoms with Crippen LogP contribution in [0.4, 0.5) is 10.5 Å². The number of aliphatic imine (C=N–C) groups is 1. The third kappa shape index (κ3) is 8.55. The lowest BCUT2D eigenvalue weighted by Gasteiger charge is -2.15. The summed E-state index contributed by atoms with van der Waals surface area (Å²) in [6.07, 6.45) is -0.494. The van der Waals surface area contributed by atoms with Crippen molar-refractivity contribution in [3.63, 3.8) is 0 Å². The summed E-state index contributed by atoms with van der Waals surface area (Å²) in [4.78, 5) is 15.9. The molecule has 2 rings (SSSR count). The number of hydrogen-bond donors (Lipinski definition) is 3. The zero-order chi connectivity index (χ0) is 22.5. The van der Waals surface area contributed by atoms with E-state index in [9.17, 15) is 4.79 Å².